The lowest BCUT2D eigenvalue weighted by molar-refractivity contribution is 1.62. The van der Waals surface area contributed by atoms with Crippen molar-refractivity contribution in [3.8, 4) is 0 Å². The molecule has 0 atom stereocenters. The lowest BCUT2D eigenvalue weighted by atomic mass is 10.1. The first kappa shape index (κ1) is 9.66. The molecule has 1 rings (SSSR count). The third kappa shape index (κ3) is 2.06. The van der Waals surface area contributed by atoms with Crippen molar-refractivity contribution >= 4 is 12.2 Å². The van der Waals surface area contributed by atoms with Crippen molar-refractivity contribution in [1.29, 1.82) is 0 Å². The molecular formula is C10H13N. The zero-order valence-corrected chi connectivity index (χ0v) is 6.59. The van der Waals surface area contributed by atoms with Crippen LogP contribution in [-0.4, -0.2) is 0 Å². The molecule has 3 N–H and O–H groups in total. The SMILES string of the molecule is C=Cc1ccccc1C=C.N. The van der Waals surface area contributed by atoms with Gasteiger partial charge in [0.15, 0.2) is 0 Å². The molecule has 0 aliphatic rings. The molecule has 0 bridgehead atoms. The molecule has 58 valence electrons. The molecule has 0 fully saturated rings. The molecule has 0 unspecified atom stereocenters. The molecular weight excluding hydrogens is 134 g/mol. The van der Waals surface area contributed by atoms with E-state index in [1.54, 1.807) is 0 Å². The Kier molecular flexibility index (Phi) is 3.93. The Morgan fingerprint density at radius 2 is 1.27 bits per heavy atom. The van der Waals surface area contributed by atoms with Crippen LogP contribution in [0.4, 0.5) is 0 Å². The van der Waals surface area contributed by atoms with Crippen molar-refractivity contribution in [3.63, 3.8) is 0 Å². The van der Waals surface area contributed by atoms with Gasteiger partial charge >= 0.3 is 0 Å². The smallest absolute Gasteiger partial charge is 0.0190 e. The Morgan fingerprint density at radius 3 is 1.55 bits per heavy atom. The van der Waals surface area contributed by atoms with Crippen LogP contribution in [0.3, 0.4) is 0 Å². The summed E-state index contributed by atoms with van der Waals surface area (Å²) < 4.78 is 0. The van der Waals surface area contributed by atoms with Gasteiger partial charge in [-0.1, -0.05) is 49.6 Å². The van der Waals surface area contributed by atoms with Crippen molar-refractivity contribution in [3.05, 3.63) is 48.6 Å². The van der Waals surface area contributed by atoms with Crippen LogP contribution in [0.15, 0.2) is 37.4 Å². The molecule has 1 nitrogen and oxygen atoms in total. The third-order valence-electron chi connectivity index (χ3n) is 1.44. The molecule has 1 aromatic rings. The summed E-state index contributed by atoms with van der Waals surface area (Å²) in [5.41, 5.74) is 2.27. The van der Waals surface area contributed by atoms with Gasteiger partial charge in [-0.3, -0.25) is 0 Å². The van der Waals surface area contributed by atoms with Gasteiger partial charge in [0, 0.05) is 0 Å². The molecule has 11 heavy (non-hydrogen) atoms. The second-order valence-electron chi connectivity index (χ2n) is 2.04. The van der Waals surface area contributed by atoms with Crippen molar-refractivity contribution < 1.29 is 0 Å². The van der Waals surface area contributed by atoms with Crippen LogP contribution in [0.2, 0.25) is 0 Å². The number of hydrogen-bond acceptors (Lipinski definition) is 1. The summed E-state index contributed by atoms with van der Waals surface area (Å²) >= 11 is 0. The average Bonchev–Trinajstić information content (AvgIpc) is 2.04. The Bertz CT molecular complexity index is 224. The molecule has 0 heterocycles. The van der Waals surface area contributed by atoms with Gasteiger partial charge in [-0.2, -0.15) is 0 Å². The minimum Gasteiger partial charge on any atom is -0.344 e. The summed E-state index contributed by atoms with van der Waals surface area (Å²) in [6.45, 7) is 7.38. The fourth-order valence-corrected chi connectivity index (χ4v) is 0.883. The standard InChI is InChI=1S/C10H10.H3N/c1-3-9-7-5-6-8-10(9)4-2;/h3-8H,1-2H2;1H3. The van der Waals surface area contributed by atoms with Gasteiger partial charge in [-0.05, 0) is 11.1 Å². The second-order valence-corrected chi connectivity index (χ2v) is 2.04. The fraction of sp³-hybridized carbons (Fsp3) is 0. The summed E-state index contributed by atoms with van der Waals surface area (Å²) in [6, 6.07) is 8.02. The Hall–Kier alpha value is -1.34. The van der Waals surface area contributed by atoms with Crippen LogP contribution >= 0.6 is 0 Å². The normalized spacial score (nSPS) is 8.00. The Morgan fingerprint density at radius 1 is 0.909 bits per heavy atom. The fourth-order valence-electron chi connectivity index (χ4n) is 0.883. The topological polar surface area (TPSA) is 35.0 Å². The zero-order chi connectivity index (χ0) is 7.40. The molecule has 1 heteroatoms. The van der Waals surface area contributed by atoms with Crippen molar-refractivity contribution in [2.75, 3.05) is 0 Å². The highest BCUT2D eigenvalue weighted by Crippen LogP contribution is 2.10. The summed E-state index contributed by atoms with van der Waals surface area (Å²) in [5, 5.41) is 0. The minimum absolute atomic E-state index is 0. The summed E-state index contributed by atoms with van der Waals surface area (Å²) in [4.78, 5) is 0. The van der Waals surface area contributed by atoms with E-state index in [4.69, 9.17) is 0 Å². The molecule has 0 amide bonds. The van der Waals surface area contributed by atoms with Gasteiger partial charge in [0.2, 0.25) is 0 Å². The van der Waals surface area contributed by atoms with Crippen LogP contribution in [-0.2, 0) is 0 Å². The van der Waals surface area contributed by atoms with Crippen LogP contribution in [0.5, 0.6) is 0 Å². The molecule has 0 saturated carbocycles. The zero-order valence-electron chi connectivity index (χ0n) is 6.59. The number of hydrogen-bond donors (Lipinski definition) is 1. The summed E-state index contributed by atoms with van der Waals surface area (Å²) in [6.07, 6.45) is 3.66. The lowest BCUT2D eigenvalue weighted by Gasteiger charge is -1.96. The van der Waals surface area contributed by atoms with Crippen LogP contribution < -0.4 is 6.15 Å². The summed E-state index contributed by atoms with van der Waals surface area (Å²) in [7, 11) is 0. The van der Waals surface area contributed by atoms with Crippen LogP contribution in [0.25, 0.3) is 12.2 Å². The monoisotopic (exact) mass is 147 g/mol. The predicted molar refractivity (Wildman–Crippen MR) is 51.6 cm³/mol. The van der Waals surface area contributed by atoms with E-state index in [1.807, 2.05) is 36.4 Å². The van der Waals surface area contributed by atoms with Crippen molar-refractivity contribution in [1.82, 2.24) is 6.15 Å². The first-order chi connectivity index (χ1) is 4.88. The minimum atomic E-state index is 0. The first-order valence-corrected chi connectivity index (χ1v) is 3.22. The van der Waals surface area contributed by atoms with Gasteiger partial charge in [-0.25, -0.2) is 0 Å². The van der Waals surface area contributed by atoms with Crippen LogP contribution in [0, 0.1) is 0 Å². The van der Waals surface area contributed by atoms with Gasteiger partial charge < -0.3 is 6.15 Å². The summed E-state index contributed by atoms with van der Waals surface area (Å²) in [5.74, 6) is 0. The molecule has 0 aromatic heterocycles. The maximum Gasteiger partial charge on any atom is -0.0190 e. The lowest BCUT2D eigenvalue weighted by Crippen LogP contribution is -1.76. The molecule has 1 aromatic carbocycles. The molecule has 0 saturated heterocycles. The van der Waals surface area contributed by atoms with Gasteiger partial charge in [0.1, 0.15) is 0 Å². The highest BCUT2D eigenvalue weighted by Gasteiger charge is 1.89. The molecule has 0 spiro atoms. The van der Waals surface area contributed by atoms with E-state index < -0.39 is 0 Å². The molecule has 0 radical (unpaired) electrons. The third-order valence-corrected chi connectivity index (χ3v) is 1.44. The van der Waals surface area contributed by atoms with E-state index >= 15 is 0 Å². The predicted octanol–water partition coefficient (Wildman–Crippen LogP) is 3.13. The first-order valence-electron chi connectivity index (χ1n) is 3.22. The van der Waals surface area contributed by atoms with E-state index in [2.05, 4.69) is 13.2 Å². The number of rotatable bonds is 2. The largest absolute Gasteiger partial charge is 0.344 e. The quantitative estimate of drug-likeness (QED) is 0.685. The highest BCUT2D eigenvalue weighted by molar-refractivity contribution is 5.63. The van der Waals surface area contributed by atoms with Gasteiger partial charge in [0.25, 0.3) is 0 Å². The van der Waals surface area contributed by atoms with E-state index in [1.165, 1.54) is 0 Å². The average molecular weight is 147 g/mol. The molecule has 0 aliphatic heterocycles. The maximum atomic E-state index is 3.69. The van der Waals surface area contributed by atoms with Crippen molar-refractivity contribution in [2.45, 2.75) is 0 Å². The van der Waals surface area contributed by atoms with Crippen LogP contribution in [0.1, 0.15) is 11.1 Å². The molecule has 0 aliphatic carbocycles. The second kappa shape index (κ2) is 4.47. The van der Waals surface area contributed by atoms with Crippen molar-refractivity contribution in [2.24, 2.45) is 0 Å². The van der Waals surface area contributed by atoms with E-state index in [0.29, 0.717) is 0 Å². The Balaban J connectivity index is 0.000001000. The highest BCUT2D eigenvalue weighted by atomic mass is 14.0. The van der Waals surface area contributed by atoms with Gasteiger partial charge in [0.05, 0.1) is 0 Å². The van der Waals surface area contributed by atoms with E-state index in [0.717, 1.165) is 11.1 Å². The van der Waals surface area contributed by atoms with Gasteiger partial charge in [-0.15, -0.1) is 0 Å². The van der Waals surface area contributed by atoms with E-state index in [-0.39, 0.29) is 6.15 Å². The van der Waals surface area contributed by atoms with E-state index in [9.17, 15) is 0 Å². The maximum absolute atomic E-state index is 3.69. The Labute approximate surface area is 67.6 Å². The number of benzene rings is 1.